The summed E-state index contributed by atoms with van der Waals surface area (Å²) in [5, 5.41) is 9.54. The molecule has 0 spiro atoms. The number of carbonyl (C=O) groups is 4. The summed E-state index contributed by atoms with van der Waals surface area (Å²) in [5.41, 5.74) is 13.5. The lowest BCUT2D eigenvalue weighted by Crippen LogP contribution is -2.53. The van der Waals surface area contributed by atoms with Crippen molar-refractivity contribution in [3.8, 4) is 5.69 Å². The molecule has 3 aromatic rings. The van der Waals surface area contributed by atoms with Crippen LogP contribution in [-0.2, 0) is 32.0 Å². The van der Waals surface area contributed by atoms with E-state index in [4.69, 9.17) is 11.5 Å². The lowest BCUT2D eigenvalue weighted by atomic mass is 10.0. The first-order chi connectivity index (χ1) is 17.8. The summed E-state index contributed by atoms with van der Waals surface area (Å²) >= 11 is 0. The summed E-state index contributed by atoms with van der Waals surface area (Å²) in [6, 6.07) is 17.1. The second kappa shape index (κ2) is 13.6. The van der Waals surface area contributed by atoms with Crippen LogP contribution in [0.25, 0.3) is 5.69 Å². The molecule has 0 saturated heterocycles. The number of aryl methyl sites for hydroxylation is 1. The highest BCUT2D eigenvalue weighted by Gasteiger charge is 2.26. The summed E-state index contributed by atoms with van der Waals surface area (Å²) in [7, 11) is 0. The van der Waals surface area contributed by atoms with Gasteiger partial charge in [0, 0.05) is 31.7 Å². The number of hydrogen-bond donors (Lipinski definition) is 4. The maximum absolute atomic E-state index is 13.1. The van der Waals surface area contributed by atoms with Gasteiger partial charge in [-0.05, 0) is 48.6 Å². The van der Waals surface area contributed by atoms with Crippen molar-refractivity contribution in [2.24, 2.45) is 11.5 Å². The normalized spacial score (nSPS) is 12.3. The topological polar surface area (TPSA) is 162 Å². The van der Waals surface area contributed by atoms with Crippen molar-refractivity contribution in [2.75, 3.05) is 0 Å². The van der Waals surface area contributed by atoms with Crippen molar-refractivity contribution in [3.05, 3.63) is 84.2 Å². The number of primary amides is 2. The fourth-order valence-electron chi connectivity index (χ4n) is 3.86. The number of nitrogens with one attached hydrogen (secondary N) is 2. The van der Waals surface area contributed by atoms with Crippen molar-refractivity contribution in [1.82, 2.24) is 20.4 Å². The van der Waals surface area contributed by atoms with Gasteiger partial charge in [0.15, 0.2) is 0 Å². The minimum atomic E-state index is -0.970. The molecular weight excluding hydrogens is 472 g/mol. The highest BCUT2D eigenvalue weighted by molar-refractivity contribution is 5.92. The molecule has 1 aromatic heterocycles. The van der Waals surface area contributed by atoms with E-state index in [0.717, 1.165) is 16.8 Å². The van der Waals surface area contributed by atoms with Crippen LogP contribution in [0.15, 0.2) is 73.1 Å². The lowest BCUT2D eigenvalue weighted by Gasteiger charge is -2.22. The minimum Gasteiger partial charge on any atom is -0.370 e. The number of nitrogens with two attached hydrogens (primary N) is 2. The Balaban J connectivity index is 1.64. The van der Waals surface area contributed by atoms with Crippen molar-refractivity contribution in [3.63, 3.8) is 0 Å². The zero-order valence-corrected chi connectivity index (χ0v) is 20.5. The monoisotopic (exact) mass is 504 g/mol. The van der Waals surface area contributed by atoms with E-state index in [9.17, 15) is 19.2 Å². The third kappa shape index (κ3) is 8.92. The van der Waals surface area contributed by atoms with Crippen LogP contribution in [0.5, 0.6) is 0 Å². The highest BCUT2D eigenvalue weighted by atomic mass is 16.2. The number of carbonyl (C=O) groups excluding carboxylic acids is 4. The van der Waals surface area contributed by atoms with Crippen LogP contribution in [0.1, 0.15) is 36.8 Å². The first kappa shape index (κ1) is 27.1. The molecule has 0 saturated carbocycles. The van der Waals surface area contributed by atoms with Gasteiger partial charge < -0.3 is 22.1 Å². The van der Waals surface area contributed by atoms with Gasteiger partial charge in [0.2, 0.25) is 23.6 Å². The number of rotatable bonds is 14. The average molecular weight is 505 g/mol. The molecule has 0 aliphatic heterocycles. The molecule has 2 atom stereocenters. The van der Waals surface area contributed by atoms with E-state index >= 15 is 0 Å². The maximum Gasteiger partial charge on any atom is 0.243 e. The van der Waals surface area contributed by atoms with Crippen molar-refractivity contribution >= 4 is 23.6 Å². The molecule has 0 unspecified atom stereocenters. The van der Waals surface area contributed by atoms with E-state index in [1.54, 1.807) is 10.9 Å². The molecule has 0 radical (unpaired) electrons. The summed E-state index contributed by atoms with van der Waals surface area (Å²) in [4.78, 5) is 48.7. The van der Waals surface area contributed by atoms with E-state index in [-0.39, 0.29) is 19.3 Å². The van der Waals surface area contributed by atoms with Crippen molar-refractivity contribution in [2.45, 2.75) is 50.6 Å². The molecule has 2 aromatic carbocycles. The zero-order chi connectivity index (χ0) is 26.6. The van der Waals surface area contributed by atoms with Gasteiger partial charge in [-0.2, -0.15) is 5.10 Å². The molecular formula is C27H32N6O4. The number of aromatic nitrogens is 2. The fraction of sp³-hybridized carbons (Fsp3) is 0.296. The van der Waals surface area contributed by atoms with Gasteiger partial charge in [-0.3, -0.25) is 19.2 Å². The van der Waals surface area contributed by atoms with Gasteiger partial charge in [-0.25, -0.2) is 4.68 Å². The molecule has 37 heavy (non-hydrogen) atoms. The van der Waals surface area contributed by atoms with Gasteiger partial charge in [-0.15, -0.1) is 0 Å². The smallest absolute Gasteiger partial charge is 0.243 e. The van der Waals surface area contributed by atoms with Gasteiger partial charge in [0.25, 0.3) is 0 Å². The van der Waals surface area contributed by atoms with Crippen LogP contribution >= 0.6 is 0 Å². The van der Waals surface area contributed by atoms with Crippen LogP contribution in [0.3, 0.4) is 0 Å². The minimum absolute atomic E-state index is 0.122. The Kier molecular flexibility index (Phi) is 9.95. The van der Waals surface area contributed by atoms with E-state index in [1.165, 1.54) is 0 Å². The number of hydrogen-bond acceptors (Lipinski definition) is 5. The van der Waals surface area contributed by atoms with E-state index in [2.05, 4.69) is 15.7 Å². The second-order valence-electron chi connectivity index (χ2n) is 8.75. The first-order valence-electron chi connectivity index (χ1n) is 12.1. The van der Waals surface area contributed by atoms with Gasteiger partial charge in [0.1, 0.15) is 12.1 Å². The summed E-state index contributed by atoms with van der Waals surface area (Å²) in [5.74, 6) is -2.28. The molecule has 4 amide bonds. The van der Waals surface area contributed by atoms with Gasteiger partial charge in [-0.1, -0.05) is 42.5 Å². The van der Waals surface area contributed by atoms with Crippen molar-refractivity contribution < 1.29 is 19.2 Å². The average Bonchev–Trinajstić information content (AvgIpc) is 3.42. The standard InChI is InChI=1S/C27H32N6O4/c28-24(34)14-15-25(35)31-22(9-4-8-19-6-2-1-3-7-19)27(37)32-23(26(29)36)18-20-10-12-21(13-11-20)33-17-5-16-30-33/h1-3,5-7,10-13,16-17,22-23H,4,8-9,14-15,18H2,(H2,28,34)(H2,29,36)(H,31,35)(H,32,37)/t22-,23+/m1/s1. The molecule has 0 bridgehead atoms. The fourth-order valence-corrected chi connectivity index (χ4v) is 3.86. The predicted octanol–water partition coefficient (Wildman–Crippen LogP) is 1.16. The van der Waals surface area contributed by atoms with E-state index in [1.807, 2.05) is 66.9 Å². The molecule has 0 aliphatic rings. The summed E-state index contributed by atoms with van der Waals surface area (Å²) < 4.78 is 1.71. The van der Waals surface area contributed by atoms with Crippen LogP contribution in [0, 0.1) is 0 Å². The zero-order valence-electron chi connectivity index (χ0n) is 20.5. The molecule has 10 nitrogen and oxygen atoms in total. The summed E-state index contributed by atoms with van der Waals surface area (Å²) in [6.07, 6.45) is 5.10. The molecule has 194 valence electrons. The quantitative estimate of drug-likeness (QED) is 0.259. The Labute approximate surface area is 215 Å². The SMILES string of the molecule is NC(=O)CCC(=O)N[C@H](CCCc1ccccc1)C(=O)N[C@@H](Cc1ccc(-n2cccn2)cc1)C(N)=O. The number of amides is 4. The first-order valence-corrected chi connectivity index (χ1v) is 12.1. The van der Waals surface area contributed by atoms with Crippen LogP contribution in [-0.4, -0.2) is 45.5 Å². The van der Waals surface area contributed by atoms with Gasteiger partial charge in [0.05, 0.1) is 5.69 Å². The van der Waals surface area contributed by atoms with Gasteiger partial charge >= 0.3 is 0 Å². The van der Waals surface area contributed by atoms with Crippen LogP contribution in [0.4, 0.5) is 0 Å². The Morgan fingerprint density at radius 2 is 1.57 bits per heavy atom. The summed E-state index contributed by atoms with van der Waals surface area (Å²) in [6.45, 7) is 0. The highest BCUT2D eigenvalue weighted by Crippen LogP contribution is 2.12. The molecule has 10 heteroatoms. The molecule has 6 N–H and O–H groups in total. The molecule has 0 aliphatic carbocycles. The van der Waals surface area contributed by atoms with Crippen LogP contribution < -0.4 is 22.1 Å². The van der Waals surface area contributed by atoms with Crippen molar-refractivity contribution in [1.29, 1.82) is 0 Å². The van der Waals surface area contributed by atoms with E-state index < -0.39 is 35.7 Å². The predicted molar refractivity (Wildman–Crippen MR) is 138 cm³/mol. The van der Waals surface area contributed by atoms with E-state index in [0.29, 0.717) is 19.3 Å². The maximum atomic E-state index is 13.1. The third-order valence-corrected chi connectivity index (χ3v) is 5.86. The Bertz CT molecular complexity index is 1180. The Hall–Kier alpha value is -4.47. The lowest BCUT2D eigenvalue weighted by molar-refractivity contribution is -0.132. The second-order valence-corrected chi connectivity index (χ2v) is 8.75. The largest absolute Gasteiger partial charge is 0.370 e. The number of nitrogens with zero attached hydrogens (tertiary/aromatic N) is 2. The third-order valence-electron chi connectivity index (χ3n) is 5.86. The Morgan fingerprint density at radius 1 is 0.838 bits per heavy atom. The Morgan fingerprint density at radius 3 is 2.19 bits per heavy atom. The molecule has 1 heterocycles. The van der Waals surface area contributed by atoms with Crippen LogP contribution in [0.2, 0.25) is 0 Å². The molecule has 0 fully saturated rings. The number of benzene rings is 2. The molecule has 3 rings (SSSR count).